The molecule has 0 atom stereocenters. The molecule has 2 aromatic heterocycles. The largest absolute Gasteiger partial charge is 0.460 e. The van der Waals surface area contributed by atoms with Gasteiger partial charge >= 0.3 is 5.63 Å². The van der Waals surface area contributed by atoms with Crippen molar-refractivity contribution < 1.29 is 13.6 Å². The Bertz CT molecular complexity index is 1190. The highest BCUT2D eigenvalue weighted by atomic mass is 16.4. The van der Waals surface area contributed by atoms with Crippen molar-refractivity contribution >= 4 is 27.7 Å². The van der Waals surface area contributed by atoms with Crippen LogP contribution in [0.5, 0.6) is 0 Å². The van der Waals surface area contributed by atoms with Gasteiger partial charge in [-0.1, -0.05) is 29.8 Å². The number of rotatable bonds is 2. The minimum atomic E-state index is -0.481. The molecule has 0 spiro atoms. The molecule has 0 saturated heterocycles. The fourth-order valence-electron chi connectivity index (χ4n) is 3.13. The average molecular weight is 332 g/mol. The van der Waals surface area contributed by atoms with Crippen molar-refractivity contribution in [1.82, 2.24) is 0 Å². The molecule has 25 heavy (non-hydrogen) atoms. The van der Waals surface area contributed by atoms with Crippen LogP contribution in [-0.2, 0) is 0 Å². The Morgan fingerprint density at radius 1 is 0.880 bits per heavy atom. The molecule has 0 bridgehead atoms. The summed E-state index contributed by atoms with van der Waals surface area (Å²) in [5.74, 6) is 0.474. The molecule has 0 fully saturated rings. The number of aryl methyl sites for hydroxylation is 3. The first-order valence-electron chi connectivity index (χ1n) is 8.03. The zero-order valence-electron chi connectivity index (χ0n) is 14.2. The molecule has 0 unspecified atom stereocenters. The van der Waals surface area contributed by atoms with Crippen molar-refractivity contribution in [3.05, 3.63) is 80.9 Å². The van der Waals surface area contributed by atoms with Gasteiger partial charge in [0.25, 0.3) is 0 Å². The fraction of sp³-hybridized carbons (Fsp3) is 0.143. The highest BCUT2D eigenvalue weighted by Gasteiger charge is 2.22. The molecule has 4 rings (SSSR count). The van der Waals surface area contributed by atoms with Crippen LogP contribution in [0.25, 0.3) is 21.9 Å². The van der Waals surface area contributed by atoms with Crippen LogP contribution in [-0.4, -0.2) is 5.78 Å². The minimum Gasteiger partial charge on any atom is -0.460 e. The molecule has 0 aliphatic rings. The van der Waals surface area contributed by atoms with E-state index in [0.717, 1.165) is 21.9 Å². The van der Waals surface area contributed by atoms with E-state index < -0.39 is 5.63 Å². The second-order valence-electron chi connectivity index (χ2n) is 6.35. The molecule has 4 heteroatoms. The van der Waals surface area contributed by atoms with Crippen LogP contribution in [0.15, 0.2) is 56.1 Å². The Morgan fingerprint density at radius 3 is 2.32 bits per heavy atom. The summed E-state index contributed by atoms with van der Waals surface area (Å²) in [6.07, 6.45) is 0. The standard InChI is InChI=1S/C21H16O4/c1-11-4-6-14(7-5-11)19(23)18-20-15(9-13(3)24-20)10-16-12(2)8-17(22)25-21(16)18/h4-10H,1-3H3. The van der Waals surface area contributed by atoms with Crippen LogP contribution in [0.4, 0.5) is 0 Å². The van der Waals surface area contributed by atoms with E-state index in [1.807, 2.05) is 45.0 Å². The van der Waals surface area contributed by atoms with Gasteiger partial charge in [-0.2, -0.15) is 0 Å². The van der Waals surface area contributed by atoms with Gasteiger partial charge in [0, 0.05) is 22.4 Å². The summed E-state index contributed by atoms with van der Waals surface area (Å²) >= 11 is 0. The smallest absolute Gasteiger partial charge is 0.336 e. The van der Waals surface area contributed by atoms with Crippen LogP contribution >= 0.6 is 0 Å². The number of ketones is 1. The Labute approximate surface area is 143 Å². The molecule has 124 valence electrons. The van der Waals surface area contributed by atoms with Gasteiger partial charge in [-0.25, -0.2) is 4.79 Å². The van der Waals surface area contributed by atoms with Gasteiger partial charge in [-0.05, 0) is 38.5 Å². The monoisotopic (exact) mass is 332 g/mol. The van der Waals surface area contributed by atoms with Crippen LogP contribution in [0.1, 0.15) is 32.8 Å². The molecule has 2 aromatic carbocycles. The van der Waals surface area contributed by atoms with Crippen molar-refractivity contribution in [2.45, 2.75) is 20.8 Å². The Balaban J connectivity index is 2.13. The molecule has 0 N–H and O–H groups in total. The van der Waals surface area contributed by atoms with Gasteiger partial charge in [-0.15, -0.1) is 0 Å². The molecule has 2 heterocycles. The molecule has 4 nitrogen and oxygen atoms in total. The van der Waals surface area contributed by atoms with E-state index in [1.165, 1.54) is 6.07 Å². The molecule has 0 saturated carbocycles. The van der Waals surface area contributed by atoms with Crippen LogP contribution in [0.3, 0.4) is 0 Å². The van der Waals surface area contributed by atoms with Gasteiger partial charge < -0.3 is 8.83 Å². The first kappa shape index (κ1) is 15.4. The first-order valence-corrected chi connectivity index (χ1v) is 8.03. The lowest BCUT2D eigenvalue weighted by molar-refractivity contribution is 0.104. The van der Waals surface area contributed by atoms with E-state index >= 15 is 0 Å². The molecular formula is C21H16O4. The zero-order valence-corrected chi connectivity index (χ0v) is 14.2. The minimum absolute atomic E-state index is 0.223. The van der Waals surface area contributed by atoms with Crippen molar-refractivity contribution in [2.75, 3.05) is 0 Å². The van der Waals surface area contributed by atoms with Gasteiger partial charge in [0.2, 0.25) is 5.78 Å². The topological polar surface area (TPSA) is 60.4 Å². The molecular weight excluding hydrogens is 316 g/mol. The molecule has 0 amide bonds. The third-order valence-corrected chi connectivity index (χ3v) is 4.39. The maximum Gasteiger partial charge on any atom is 0.336 e. The van der Waals surface area contributed by atoms with Gasteiger partial charge in [0.15, 0.2) is 5.58 Å². The van der Waals surface area contributed by atoms with Gasteiger partial charge in [0.05, 0.1) is 0 Å². The summed E-state index contributed by atoms with van der Waals surface area (Å²) in [6.45, 7) is 5.62. The van der Waals surface area contributed by atoms with Crippen LogP contribution < -0.4 is 5.63 Å². The SMILES string of the molecule is Cc1ccc(C(=O)c2c3oc(C)cc3cc3c(C)cc(=O)oc23)cc1. The fourth-order valence-corrected chi connectivity index (χ4v) is 3.13. The number of carbonyl (C=O) groups excluding carboxylic acids is 1. The van der Waals surface area contributed by atoms with E-state index in [4.69, 9.17) is 8.83 Å². The number of fused-ring (bicyclic) bond motifs is 2. The Hall–Kier alpha value is -3.14. The predicted molar refractivity (Wildman–Crippen MR) is 96.3 cm³/mol. The van der Waals surface area contributed by atoms with Gasteiger partial charge in [0.1, 0.15) is 16.9 Å². The summed E-state index contributed by atoms with van der Waals surface area (Å²) in [5, 5.41) is 1.56. The summed E-state index contributed by atoms with van der Waals surface area (Å²) in [6, 6.07) is 12.5. The Morgan fingerprint density at radius 2 is 1.60 bits per heavy atom. The summed E-state index contributed by atoms with van der Waals surface area (Å²) in [5.41, 5.74) is 2.90. The first-order chi connectivity index (χ1) is 11.9. The van der Waals surface area contributed by atoms with Crippen LogP contribution in [0.2, 0.25) is 0 Å². The van der Waals surface area contributed by atoms with Gasteiger partial charge in [-0.3, -0.25) is 4.79 Å². The Kier molecular flexibility index (Phi) is 3.35. The lowest BCUT2D eigenvalue weighted by Crippen LogP contribution is -2.06. The van der Waals surface area contributed by atoms with E-state index in [1.54, 1.807) is 12.1 Å². The molecule has 4 aromatic rings. The highest BCUT2D eigenvalue weighted by molar-refractivity contribution is 6.22. The third-order valence-electron chi connectivity index (χ3n) is 4.39. The second-order valence-corrected chi connectivity index (χ2v) is 6.35. The predicted octanol–water partition coefficient (Wildman–Crippen LogP) is 4.70. The van der Waals surface area contributed by atoms with E-state index in [2.05, 4.69) is 0 Å². The zero-order chi connectivity index (χ0) is 17.7. The van der Waals surface area contributed by atoms with Crippen LogP contribution in [0, 0.1) is 20.8 Å². The number of carbonyl (C=O) groups is 1. The molecule has 0 aliphatic heterocycles. The van der Waals surface area contributed by atoms with Crippen molar-refractivity contribution in [1.29, 1.82) is 0 Å². The van der Waals surface area contributed by atoms with Crippen molar-refractivity contribution in [3.63, 3.8) is 0 Å². The number of hydrogen-bond acceptors (Lipinski definition) is 4. The van der Waals surface area contributed by atoms with Crippen molar-refractivity contribution in [3.8, 4) is 0 Å². The highest BCUT2D eigenvalue weighted by Crippen LogP contribution is 2.33. The van der Waals surface area contributed by atoms with E-state index in [-0.39, 0.29) is 11.4 Å². The third kappa shape index (κ3) is 2.47. The van der Waals surface area contributed by atoms with E-state index in [0.29, 0.717) is 22.5 Å². The number of benzene rings is 2. The molecule has 0 aliphatic carbocycles. The summed E-state index contributed by atoms with van der Waals surface area (Å²) < 4.78 is 11.2. The lowest BCUT2D eigenvalue weighted by atomic mass is 9.97. The number of hydrogen-bond donors (Lipinski definition) is 0. The maximum atomic E-state index is 13.2. The van der Waals surface area contributed by atoms with E-state index in [9.17, 15) is 9.59 Å². The quantitative estimate of drug-likeness (QED) is 0.394. The second kappa shape index (κ2) is 5.45. The van der Waals surface area contributed by atoms with Crippen molar-refractivity contribution in [2.24, 2.45) is 0 Å². The summed E-state index contributed by atoms with van der Waals surface area (Å²) in [4.78, 5) is 25.1. The maximum absolute atomic E-state index is 13.2. The lowest BCUT2D eigenvalue weighted by Gasteiger charge is -2.08. The average Bonchev–Trinajstić information content (AvgIpc) is 2.93. The summed E-state index contributed by atoms with van der Waals surface area (Å²) in [7, 11) is 0. The normalized spacial score (nSPS) is 11.3. The molecule has 0 radical (unpaired) electrons. The number of furan rings is 1.